The summed E-state index contributed by atoms with van der Waals surface area (Å²) in [6.45, 7) is 0. The van der Waals surface area contributed by atoms with Gasteiger partial charge in [-0.05, 0) is 0 Å². The number of nitrogens with zero attached hydrogens (tertiary/aromatic N) is 2. The number of nitro groups is 2. The SMILES string of the molecule is O=S([O-])O.O=[N+]([O-])c1ccc([N+](=O)[O-])cc1. The molecule has 0 fully saturated rings. The summed E-state index contributed by atoms with van der Waals surface area (Å²) in [4.78, 5) is 19.0. The normalized spacial score (nSPS) is 10.9. The first-order valence-electron chi connectivity index (χ1n) is 3.51. The van der Waals surface area contributed by atoms with Crippen molar-refractivity contribution in [1.82, 2.24) is 0 Å². The van der Waals surface area contributed by atoms with Gasteiger partial charge in [0.1, 0.15) is 0 Å². The topological polar surface area (TPSA) is 147 Å². The largest absolute Gasteiger partial charge is 0.750 e. The molecule has 0 aliphatic rings. The zero-order valence-electron chi connectivity index (χ0n) is 7.51. The van der Waals surface area contributed by atoms with Crippen molar-refractivity contribution in [3.63, 3.8) is 0 Å². The minimum Gasteiger partial charge on any atom is -0.750 e. The van der Waals surface area contributed by atoms with Gasteiger partial charge < -0.3 is 9.11 Å². The van der Waals surface area contributed by atoms with Gasteiger partial charge in [-0.15, -0.1) is 0 Å². The van der Waals surface area contributed by atoms with Gasteiger partial charge in [-0.1, -0.05) is 0 Å². The van der Waals surface area contributed by atoms with Gasteiger partial charge in [0.05, 0.1) is 21.2 Å². The maximum Gasteiger partial charge on any atom is 0.269 e. The van der Waals surface area contributed by atoms with E-state index >= 15 is 0 Å². The van der Waals surface area contributed by atoms with Gasteiger partial charge in [-0.3, -0.25) is 20.2 Å². The van der Waals surface area contributed by atoms with Crippen LogP contribution in [-0.4, -0.2) is 23.2 Å². The second kappa shape index (κ2) is 6.55. The van der Waals surface area contributed by atoms with Crippen LogP contribution >= 0.6 is 0 Å². The van der Waals surface area contributed by atoms with Gasteiger partial charge >= 0.3 is 0 Å². The van der Waals surface area contributed by atoms with Crippen molar-refractivity contribution in [3.8, 4) is 0 Å². The Morgan fingerprint density at radius 3 is 1.31 bits per heavy atom. The predicted octanol–water partition coefficient (Wildman–Crippen LogP) is 0.841. The van der Waals surface area contributed by atoms with Gasteiger partial charge in [0.2, 0.25) is 0 Å². The molecule has 9 nitrogen and oxygen atoms in total. The predicted molar refractivity (Wildman–Crippen MR) is 51.3 cm³/mol. The third-order valence-electron chi connectivity index (χ3n) is 1.27. The molecule has 1 aromatic carbocycles. The third kappa shape index (κ3) is 5.74. The van der Waals surface area contributed by atoms with E-state index in [0.29, 0.717) is 0 Å². The van der Waals surface area contributed by atoms with E-state index in [1.54, 1.807) is 0 Å². The van der Waals surface area contributed by atoms with Crippen LogP contribution in [0.15, 0.2) is 24.3 Å². The smallest absolute Gasteiger partial charge is 0.269 e. The van der Waals surface area contributed by atoms with E-state index in [1.165, 1.54) is 0 Å². The van der Waals surface area contributed by atoms with E-state index < -0.39 is 21.2 Å². The molecular weight excluding hydrogens is 244 g/mol. The average Bonchev–Trinajstić information content (AvgIpc) is 2.17. The quantitative estimate of drug-likeness (QED) is 0.463. The molecule has 1 atom stereocenters. The van der Waals surface area contributed by atoms with E-state index in [-0.39, 0.29) is 11.4 Å². The summed E-state index contributed by atoms with van der Waals surface area (Å²) in [5, 5.41) is 20.2. The minimum absolute atomic E-state index is 0.152. The lowest BCUT2D eigenvalue weighted by Crippen LogP contribution is -1.90. The molecule has 0 aliphatic heterocycles. The van der Waals surface area contributed by atoms with E-state index in [9.17, 15) is 20.2 Å². The highest BCUT2D eigenvalue weighted by molar-refractivity contribution is 7.73. The Balaban J connectivity index is 0.000000487. The first kappa shape index (κ1) is 14.1. The van der Waals surface area contributed by atoms with Crippen molar-refractivity contribution >= 4 is 22.7 Å². The van der Waals surface area contributed by atoms with Gasteiger partial charge in [0.25, 0.3) is 11.4 Å². The Hall–Kier alpha value is -1.91. The molecule has 0 heterocycles. The van der Waals surface area contributed by atoms with E-state index in [0.717, 1.165) is 24.3 Å². The van der Waals surface area contributed by atoms with Crippen LogP contribution in [0.5, 0.6) is 0 Å². The van der Waals surface area contributed by atoms with Crippen molar-refractivity contribution in [2.24, 2.45) is 0 Å². The highest BCUT2D eigenvalue weighted by Gasteiger charge is 2.08. The lowest BCUT2D eigenvalue weighted by Gasteiger charge is -1.90. The number of benzene rings is 1. The van der Waals surface area contributed by atoms with Crippen LogP contribution in [0, 0.1) is 20.2 Å². The zero-order valence-corrected chi connectivity index (χ0v) is 8.33. The van der Waals surface area contributed by atoms with Crippen LogP contribution in [0.25, 0.3) is 0 Å². The second-order valence-electron chi connectivity index (χ2n) is 2.25. The Kier molecular flexibility index (Phi) is 5.77. The van der Waals surface area contributed by atoms with Crippen molar-refractivity contribution in [1.29, 1.82) is 0 Å². The van der Waals surface area contributed by atoms with Crippen molar-refractivity contribution in [2.75, 3.05) is 0 Å². The Morgan fingerprint density at radius 1 is 1.00 bits per heavy atom. The molecule has 0 aromatic heterocycles. The van der Waals surface area contributed by atoms with Crippen LogP contribution in [0.4, 0.5) is 11.4 Å². The van der Waals surface area contributed by atoms with E-state index in [1.807, 2.05) is 0 Å². The molecule has 0 saturated carbocycles. The Labute approximate surface area is 91.1 Å². The summed E-state index contributed by atoms with van der Waals surface area (Å²) >= 11 is -2.86. The molecule has 16 heavy (non-hydrogen) atoms. The van der Waals surface area contributed by atoms with Crippen molar-refractivity contribution in [3.05, 3.63) is 44.5 Å². The summed E-state index contributed by atoms with van der Waals surface area (Å²) < 4.78 is 24.1. The Morgan fingerprint density at radius 2 is 1.19 bits per heavy atom. The molecule has 10 heteroatoms. The molecule has 0 saturated heterocycles. The maximum absolute atomic E-state index is 10.1. The van der Waals surface area contributed by atoms with Crippen molar-refractivity contribution in [2.45, 2.75) is 0 Å². The third-order valence-corrected chi connectivity index (χ3v) is 1.27. The van der Waals surface area contributed by atoms with E-state index in [4.69, 9.17) is 13.3 Å². The zero-order chi connectivity index (χ0) is 12.7. The monoisotopic (exact) mass is 249 g/mol. The number of nitro benzene ring substituents is 2. The fourth-order valence-electron chi connectivity index (χ4n) is 0.696. The van der Waals surface area contributed by atoms with E-state index in [2.05, 4.69) is 0 Å². The summed E-state index contributed by atoms with van der Waals surface area (Å²) in [6, 6.07) is 4.38. The molecule has 0 amide bonds. The summed E-state index contributed by atoms with van der Waals surface area (Å²) in [7, 11) is 0. The van der Waals surface area contributed by atoms with Gasteiger partial charge in [0.15, 0.2) is 0 Å². The number of non-ortho nitro benzene ring substituents is 2. The molecule has 0 spiro atoms. The molecule has 1 unspecified atom stereocenters. The highest BCUT2D eigenvalue weighted by atomic mass is 32.2. The highest BCUT2D eigenvalue weighted by Crippen LogP contribution is 2.16. The fraction of sp³-hybridized carbons (Fsp3) is 0. The van der Waals surface area contributed by atoms with Crippen LogP contribution in [0.3, 0.4) is 0 Å². The van der Waals surface area contributed by atoms with Gasteiger partial charge in [-0.25, -0.2) is 4.21 Å². The first-order chi connectivity index (χ1) is 7.34. The number of rotatable bonds is 2. The first-order valence-corrected chi connectivity index (χ1v) is 4.55. The molecule has 1 rings (SSSR count). The molecular formula is C6H5N2O7S-. The summed E-state index contributed by atoms with van der Waals surface area (Å²) in [5.74, 6) is 0. The standard InChI is InChI=1S/C6H4N2O4.H2O3S/c9-7(10)5-1-2-6(4-3-5)8(11)12;1-4(2)3/h1-4H;(H2,1,2,3)/p-1. The fourth-order valence-corrected chi connectivity index (χ4v) is 0.696. The number of hydrogen-bond acceptors (Lipinski definition) is 6. The molecule has 0 bridgehead atoms. The Bertz CT molecular complexity index is 367. The molecule has 0 aliphatic carbocycles. The molecule has 1 N–H and O–H groups in total. The van der Waals surface area contributed by atoms with Crippen LogP contribution in [0.1, 0.15) is 0 Å². The van der Waals surface area contributed by atoms with Crippen LogP contribution in [-0.2, 0) is 11.4 Å². The number of hydrogen-bond donors (Lipinski definition) is 1. The lowest BCUT2D eigenvalue weighted by molar-refractivity contribution is -0.389. The molecule has 1 aromatic rings. The second-order valence-corrected chi connectivity index (χ2v) is 2.68. The van der Waals surface area contributed by atoms with Gasteiger partial charge in [0, 0.05) is 24.3 Å². The van der Waals surface area contributed by atoms with Crippen LogP contribution in [0.2, 0.25) is 0 Å². The maximum atomic E-state index is 10.1. The summed E-state index contributed by atoms with van der Waals surface area (Å²) in [6.07, 6.45) is 0. The van der Waals surface area contributed by atoms with Crippen LogP contribution < -0.4 is 0 Å². The lowest BCUT2D eigenvalue weighted by atomic mass is 10.3. The molecule has 0 radical (unpaired) electrons. The van der Waals surface area contributed by atoms with Gasteiger partial charge in [-0.2, -0.15) is 0 Å². The summed E-state index contributed by atoms with van der Waals surface area (Å²) in [5.41, 5.74) is -0.304. The minimum atomic E-state index is -2.86. The molecule has 88 valence electrons. The van der Waals surface area contributed by atoms with Crippen molar-refractivity contribution < 1.29 is 23.2 Å². The average molecular weight is 249 g/mol.